The molecule has 0 saturated carbocycles. The molecule has 1 atom stereocenters. The van der Waals surface area contributed by atoms with Crippen LogP contribution in [-0.4, -0.2) is 44.2 Å². The minimum Gasteiger partial charge on any atom is -0.455 e. The van der Waals surface area contributed by atoms with Gasteiger partial charge in [0.25, 0.3) is 5.91 Å². The zero-order valence-electron chi connectivity index (χ0n) is 24.6. The van der Waals surface area contributed by atoms with Gasteiger partial charge in [0.05, 0.1) is 40.1 Å². The van der Waals surface area contributed by atoms with Gasteiger partial charge in [0.15, 0.2) is 0 Å². The number of rotatable bonds is 5. The fraction of sp³-hybridized carbons (Fsp3) is 0.152. The summed E-state index contributed by atoms with van der Waals surface area (Å²) in [7, 11) is -0.835. The lowest BCUT2D eigenvalue weighted by molar-refractivity contribution is 0.0964. The first kappa shape index (κ1) is 28.5. The van der Waals surface area contributed by atoms with E-state index in [4.69, 9.17) is 9.40 Å². The van der Waals surface area contributed by atoms with Gasteiger partial charge in [-0.1, -0.05) is 6.07 Å². The maximum absolute atomic E-state index is 14.8. The Morgan fingerprint density at radius 1 is 1.04 bits per heavy atom. The molecule has 0 fully saturated rings. The van der Waals surface area contributed by atoms with Crippen LogP contribution in [0.4, 0.5) is 20.2 Å². The number of aromatic nitrogens is 2. The van der Waals surface area contributed by atoms with Crippen molar-refractivity contribution in [3.8, 4) is 34.0 Å². The standard InChI is InChI=1S/C33H27F2N5O4S/c1-17-37-25-13-12-24(38-31(25)28-15-20-23(35)6-5-7-26(20)40(17)28)21-14-22-29(16-27(21)39(3)45(4,42)43)44-32(30(22)33(41)36-2)18-8-10-19(34)11-9-18/h5-17,37H,1-4H3,(H,36,41). The molecule has 228 valence electrons. The van der Waals surface area contributed by atoms with E-state index in [2.05, 4.69) is 10.6 Å². The molecule has 9 nitrogen and oxygen atoms in total. The van der Waals surface area contributed by atoms with E-state index in [1.165, 1.54) is 44.4 Å². The van der Waals surface area contributed by atoms with Gasteiger partial charge < -0.3 is 19.6 Å². The Labute approximate surface area is 257 Å². The summed E-state index contributed by atoms with van der Waals surface area (Å²) in [6, 6.07) is 19.1. The molecule has 12 heteroatoms. The molecule has 0 bridgehead atoms. The van der Waals surface area contributed by atoms with Crippen LogP contribution in [0.5, 0.6) is 0 Å². The van der Waals surface area contributed by atoms with Crippen molar-refractivity contribution in [2.24, 2.45) is 0 Å². The molecule has 1 unspecified atom stereocenters. The maximum atomic E-state index is 14.8. The number of benzene rings is 3. The number of hydrogen-bond acceptors (Lipinski definition) is 6. The van der Waals surface area contributed by atoms with Crippen molar-refractivity contribution in [3.63, 3.8) is 0 Å². The third-order valence-electron chi connectivity index (χ3n) is 8.20. The quantitative estimate of drug-likeness (QED) is 0.219. The first-order chi connectivity index (χ1) is 21.5. The third kappa shape index (κ3) is 4.51. The zero-order chi connectivity index (χ0) is 31.8. The number of furan rings is 1. The summed E-state index contributed by atoms with van der Waals surface area (Å²) in [5.41, 5.74) is 4.73. The lowest BCUT2D eigenvalue weighted by Gasteiger charge is -2.28. The summed E-state index contributed by atoms with van der Waals surface area (Å²) in [5, 5.41) is 6.93. The van der Waals surface area contributed by atoms with E-state index in [0.29, 0.717) is 44.5 Å². The monoisotopic (exact) mass is 627 g/mol. The Morgan fingerprint density at radius 3 is 2.51 bits per heavy atom. The lowest BCUT2D eigenvalue weighted by Crippen LogP contribution is -2.25. The van der Waals surface area contributed by atoms with Crippen molar-refractivity contribution in [2.75, 3.05) is 30.0 Å². The Hall–Kier alpha value is -5.23. The Balaban J connectivity index is 1.50. The molecule has 0 aliphatic carbocycles. The van der Waals surface area contributed by atoms with Gasteiger partial charge in [0.1, 0.15) is 34.8 Å². The largest absolute Gasteiger partial charge is 0.455 e. The van der Waals surface area contributed by atoms with Gasteiger partial charge in [-0.15, -0.1) is 0 Å². The number of amides is 1. The smallest absolute Gasteiger partial charge is 0.255 e. The number of fused-ring (bicyclic) bond motifs is 6. The number of sulfonamides is 1. The Bertz CT molecular complexity index is 2290. The molecule has 1 amide bonds. The van der Waals surface area contributed by atoms with Crippen LogP contribution in [0.2, 0.25) is 0 Å². The molecule has 3 aromatic heterocycles. The van der Waals surface area contributed by atoms with Crippen LogP contribution in [0.3, 0.4) is 0 Å². The van der Waals surface area contributed by atoms with Gasteiger partial charge in [-0.25, -0.2) is 22.2 Å². The van der Waals surface area contributed by atoms with E-state index in [1.807, 2.05) is 23.6 Å². The Morgan fingerprint density at radius 2 is 1.80 bits per heavy atom. The van der Waals surface area contributed by atoms with Crippen LogP contribution in [0.1, 0.15) is 23.4 Å². The molecular formula is C33H27F2N5O4S. The highest BCUT2D eigenvalue weighted by Gasteiger charge is 2.29. The fourth-order valence-electron chi connectivity index (χ4n) is 5.96. The van der Waals surface area contributed by atoms with Crippen molar-refractivity contribution in [2.45, 2.75) is 13.1 Å². The van der Waals surface area contributed by atoms with Gasteiger partial charge in [0.2, 0.25) is 10.0 Å². The summed E-state index contributed by atoms with van der Waals surface area (Å²) in [6.45, 7) is 1.97. The second-order valence-electron chi connectivity index (χ2n) is 11.0. The number of carbonyl (C=O) groups is 1. The minimum atomic E-state index is -3.75. The van der Waals surface area contributed by atoms with Crippen molar-refractivity contribution < 1.29 is 26.4 Å². The number of nitrogens with one attached hydrogen (secondary N) is 2. The fourth-order valence-corrected chi connectivity index (χ4v) is 6.46. The van der Waals surface area contributed by atoms with Crippen LogP contribution in [0.15, 0.2) is 77.2 Å². The van der Waals surface area contributed by atoms with Crippen molar-refractivity contribution in [1.82, 2.24) is 14.9 Å². The average molecular weight is 628 g/mol. The minimum absolute atomic E-state index is 0.186. The highest BCUT2D eigenvalue weighted by Crippen LogP contribution is 2.44. The van der Waals surface area contributed by atoms with Gasteiger partial charge in [0, 0.05) is 42.1 Å². The van der Waals surface area contributed by atoms with Gasteiger partial charge >= 0.3 is 0 Å². The molecule has 4 heterocycles. The number of nitrogens with zero attached hydrogens (tertiary/aromatic N) is 3. The molecule has 7 rings (SSSR count). The molecule has 1 aliphatic rings. The van der Waals surface area contributed by atoms with Gasteiger partial charge in [-0.2, -0.15) is 0 Å². The molecule has 0 radical (unpaired) electrons. The van der Waals surface area contributed by atoms with Crippen LogP contribution < -0.4 is 14.9 Å². The normalized spacial score (nSPS) is 14.2. The van der Waals surface area contributed by atoms with E-state index in [-0.39, 0.29) is 34.6 Å². The molecule has 1 aliphatic heterocycles. The summed E-state index contributed by atoms with van der Waals surface area (Å²) < 4.78 is 63.5. The first-order valence-electron chi connectivity index (χ1n) is 14.1. The maximum Gasteiger partial charge on any atom is 0.255 e. The molecular weight excluding hydrogens is 600 g/mol. The van der Waals surface area contributed by atoms with E-state index in [1.54, 1.807) is 30.3 Å². The lowest BCUT2D eigenvalue weighted by atomic mass is 10.00. The predicted molar refractivity (Wildman–Crippen MR) is 171 cm³/mol. The van der Waals surface area contributed by atoms with Crippen LogP contribution in [-0.2, 0) is 10.0 Å². The number of carbonyl (C=O) groups excluding carboxylic acids is 1. The summed E-state index contributed by atoms with van der Waals surface area (Å²) in [4.78, 5) is 18.2. The van der Waals surface area contributed by atoms with Crippen molar-refractivity contribution >= 4 is 49.2 Å². The number of anilines is 2. The average Bonchev–Trinajstić information content (AvgIpc) is 3.60. The van der Waals surface area contributed by atoms with Crippen LogP contribution >= 0.6 is 0 Å². The van der Waals surface area contributed by atoms with E-state index < -0.39 is 21.7 Å². The predicted octanol–water partition coefficient (Wildman–Crippen LogP) is 6.76. The SMILES string of the molecule is CNC(=O)c1c(-c2ccc(F)cc2)oc2cc(N(C)S(C)(=O)=O)c(-c3ccc4c(n3)-c3cc5c(F)cccc5n3C(C)N4)cc12. The van der Waals surface area contributed by atoms with Crippen LogP contribution in [0.25, 0.3) is 55.8 Å². The third-order valence-corrected chi connectivity index (χ3v) is 9.39. The summed E-state index contributed by atoms with van der Waals surface area (Å²) in [5.74, 6) is -1.02. The van der Waals surface area contributed by atoms with E-state index in [0.717, 1.165) is 16.2 Å². The molecule has 3 aromatic carbocycles. The summed E-state index contributed by atoms with van der Waals surface area (Å²) >= 11 is 0. The van der Waals surface area contributed by atoms with Crippen LogP contribution in [0, 0.1) is 11.6 Å². The summed E-state index contributed by atoms with van der Waals surface area (Å²) in [6.07, 6.45) is 0.898. The van der Waals surface area contributed by atoms with Gasteiger partial charge in [-0.3, -0.25) is 9.10 Å². The van der Waals surface area contributed by atoms with E-state index >= 15 is 0 Å². The second-order valence-corrected chi connectivity index (χ2v) is 13.0. The molecule has 0 spiro atoms. The Kier molecular flexibility index (Phi) is 6.44. The van der Waals surface area contributed by atoms with Crippen molar-refractivity contribution in [1.29, 1.82) is 0 Å². The molecule has 0 saturated heterocycles. The molecule has 45 heavy (non-hydrogen) atoms. The number of halogens is 2. The zero-order valence-corrected chi connectivity index (χ0v) is 25.5. The number of hydrogen-bond donors (Lipinski definition) is 2. The second kappa shape index (κ2) is 10.2. The van der Waals surface area contributed by atoms with Gasteiger partial charge in [-0.05, 0) is 67.6 Å². The highest BCUT2D eigenvalue weighted by molar-refractivity contribution is 7.92. The van der Waals surface area contributed by atoms with Crippen molar-refractivity contribution in [3.05, 3.63) is 90.0 Å². The first-order valence-corrected chi connectivity index (χ1v) is 15.9. The molecule has 2 N–H and O–H groups in total. The number of pyridine rings is 1. The van der Waals surface area contributed by atoms with E-state index in [9.17, 15) is 22.0 Å². The molecule has 6 aromatic rings. The highest BCUT2D eigenvalue weighted by atomic mass is 32.2. The topological polar surface area (TPSA) is 109 Å².